The van der Waals surface area contributed by atoms with E-state index in [1.807, 2.05) is 0 Å². The lowest BCUT2D eigenvalue weighted by Gasteiger charge is -2.19. The van der Waals surface area contributed by atoms with Crippen LogP contribution in [-0.4, -0.2) is 49.3 Å². The third kappa shape index (κ3) is 75.2. The molecule has 0 aromatic heterocycles. The lowest BCUT2D eigenvalue weighted by molar-refractivity contribution is -0.161. The van der Waals surface area contributed by atoms with E-state index >= 15 is 0 Å². The molecule has 0 bridgehead atoms. The summed E-state index contributed by atoms with van der Waals surface area (Å²) in [5.41, 5.74) is 5.40. The van der Waals surface area contributed by atoms with Crippen molar-refractivity contribution in [3.05, 3.63) is 219 Å². The number of carbonyl (C=O) groups excluding carboxylic acids is 2. The van der Waals surface area contributed by atoms with Gasteiger partial charge < -0.3 is 20.1 Å². The monoisotopic (exact) mass is 1300 g/mol. The van der Waals surface area contributed by atoms with Crippen LogP contribution in [0.25, 0.3) is 0 Å². The van der Waals surface area contributed by atoms with E-state index in [0.717, 1.165) is 167 Å². The van der Waals surface area contributed by atoms with Crippen molar-refractivity contribution in [1.29, 1.82) is 0 Å². The average molecular weight is 1300 g/mol. The van der Waals surface area contributed by atoms with E-state index in [4.69, 9.17) is 24.3 Å². The summed E-state index contributed by atoms with van der Waals surface area (Å²) < 4.78 is 33.2. The zero-order valence-electron chi connectivity index (χ0n) is 58.4. The summed E-state index contributed by atoms with van der Waals surface area (Å²) in [5.74, 6) is -0.873. The minimum absolute atomic E-state index is 0.0373. The summed E-state index contributed by atoms with van der Waals surface area (Å²) in [7, 11) is -4.42. The van der Waals surface area contributed by atoms with Gasteiger partial charge in [-0.15, -0.1) is 0 Å². The number of esters is 2. The molecule has 0 aromatic carbocycles. The van der Waals surface area contributed by atoms with Crippen LogP contribution in [0.5, 0.6) is 0 Å². The first kappa shape index (κ1) is 87.3. The van der Waals surface area contributed by atoms with Crippen LogP contribution in [0.2, 0.25) is 0 Å². The fourth-order valence-corrected chi connectivity index (χ4v) is 9.86. The Morgan fingerprint density at radius 2 is 0.559 bits per heavy atom. The van der Waals surface area contributed by atoms with Crippen LogP contribution >= 0.6 is 7.82 Å². The molecule has 520 valence electrons. The molecule has 0 spiro atoms. The molecular weight excluding hydrogens is 1170 g/mol. The standard InChI is InChI=1S/C83H130NO8P/c1-3-5-7-9-11-13-15-17-19-21-23-25-27-29-31-33-35-37-39-40-42-43-45-47-49-51-53-55-57-59-61-63-65-67-69-71-73-75-82(85)89-79-81(80-91-93(87,88)90-78-77-84)92-83(86)76-74-72-70-68-66-64-62-60-58-56-54-52-50-48-46-44-41-38-36-34-32-30-28-26-24-22-20-18-16-14-12-10-8-6-4-2/h5-8,11-14,17-20,23-26,29-32,35-38,40,42,44-47,50,52,56,58,62,64,81H,3-4,9-10,15-16,21-22,27-28,33-34,39,41,43,48-49,51,53-55,57,59-61,63,65-80,84H2,1-2H3,(H,87,88)/b7-5-,8-6-,13-11-,14-12-,19-17-,20-18-,25-23-,26-24-,31-29-,32-30-,37-35-,38-36-,42-40-,46-44-,47-45-,52-50-,58-56-,64-62-. The van der Waals surface area contributed by atoms with Gasteiger partial charge in [0.05, 0.1) is 13.2 Å². The molecule has 2 atom stereocenters. The fraction of sp³-hybridized carbons (Fsp3) is 0.542. The first-order valence-corrected chi connectivity index (χ1v) is 37.7. The van der Waals surface area contributed by atoms with E-state index < -0.39 is 32.5 Å². The third-order valence-electron chi connectivity index (χ3n) is 14.4. The number of unbranched alkanes of at least 4 members (excludes halogenated alkanes) is 16. The van der Waals surface area contributed by atoms with Crippen LogP contribution in [0.4, 0.5) is 0 Å². The molecule has 0 amide bonds. The van der Waals surface area contributed by atoms with Gasteiger partial charge in [0.15, 0.2) is 6.10 Å². The summed E-state index contributed by atoms with van der Waals surface area (Å²) in [6, 6.07) is 0. The largest absolute Gasteiger partial charge is 0.472 e. The van der Waals surface area contributed by atoms with Crippen LogP contribution < -0.4 is 5.73 Å². The normalized spacial score (nSPS) is 14.2. The van der Waals surface area contributed by atoms with Crippen molar-refractivity contribution in [3.8, 4) is 0 Å². The second-order valence-electron chi connectivity index (χ2n) is 23.0. The maximum Gasteiger partial charge on any atom is 0.472 e. The number of allylic oxidation sites excluding steroid dienone is 36. The highest BCUT2D eigenvalue weighted by Crippen LogP contribution is 2.43. The van der Waals surface area contributed by atoms with Crippen LogP contribution in [0.3, 0.4) is 0 Å². The van der Waals surface area contributed by atoms with Crippen molar-refractivity contribution < 1.29 is 37.6 Å². The van der Waals surface area contributed by atoms with Gasteiger partial charge in [0.2, 0.25) is 0 Å². The molecule has 2 unspecified atom stereocenters. The van der Waals surface area contributed by atoms with Crippen LogP contribution in [0.1, 0.15) is 258 Å². The number of carbonyl (C=O) groups is 2. The Labute approximate surface area is 569 Å². The molecular formula is C83H130NO8P. The summed E-state index contributed by atoms with van der Waals surface area (Å²) in [5, 5.41) is 0. The van der Waals surface area contributed by atoms with E-state index in [9.17, 15) is 19.0 Å². The lowest BCUT2D eigenvalue weighted by atomic mass is 10.0. The molecule has 0 rings (SSSR count). The summed E-state index contributed by atoms with van der Waals surface area (Å²) in [6.07, 6.45) is 117. The predicted octanol–water partition coefficient (Wildman–Crippen LogP) is 24.4. The van der Waals surface area contributed by atoms with Crippen LogP contribution in [0.15, 0.2) is 219 Å². The van der Waals surface area contributed by atoms with Gasteiger partial charge in [0.25, 0.3) is 0 Å². The SMILES string of the molecule is CC/C=C\C/C=C\C/C=C\C/C=C\C/C=C\C/C=C\C/C=C\C/C=C\C/C=C\C/C=C\CCCCCCC(=O)OC(COC(=O)CCCCCCCCCCCCCC/C=C\C/C=C\C/C=C\C/C=C\C/C=C\C/C=C\C/C=C\C/C=C\CC)COP(=O)(O)OCCN. The van der Waals surface area contributed by atoms with Crippen molar-refractivity contribution in [2.75, 3.05) is 26.4 Å². The van der Waals surface area contributed by atoms with Crippen LogP contribution in [-0.2, 0) is 32.7 Å². The molecule has 0 saturated carbocycles. The number of hydrogen-bond donors (Lipinski definition) is 2. The van der Waals surface area contributed by atoms with Gasteiger partial charge in [-0.3, -0.25) is 18.6 Å². The van der Waals surface area contributed by atoms with Gasteiger partial charge in [-0.2, -0.15) is 0 Å². The number of nitrogens with two attached hydrogens (primary N) is 1. The highest BCUT2D eigenvalue weighted by atomic mass is 31.2. The molecule has 0 heterocycles. The van der Waals surface area contributed by atoms with E-state index in [1.165, 1.54) is 51.4 Å². The Balaban J connectivity index is 4.03. The van der Waals surface area contributed by atoms with Crippen molar-refractivity contribution >= 4 is 19.8 Å². The zero-order chi connectivity index (χ0) is 67.2. The number of phosphoric acid groups is 1. The molecule has 9 nitrogen and oxygen atoms in total. The van der Waals surface area contributed by atoms with Crippen molar-refractivity contribution in [3.63, 3.8) is 0 Å². The highest BCUT2D eigenvalue weighted by molar-refractivity contribution is 7.47. The fourth-order valence-electron chi connectivity index (χ4n) is 9.09. The van der Waals surface area contributed by atoms with Crippen molar-refractivity contribution in [2.24, 2.45) is 5.73 Å². The average Bonchev–Trinajstić information content (AvgIpc) is 3.70. The smallest absolute Gasteiger partial charge is 0.462 e. The zero-order valence-corrected chi connectivity index (χ0v) is 59.3. The maximum atomic E-state index is 12.8. The van der Waals surface area contributed by atoms with Gasteiger partial charge in [0, 0.05) is 19.4 Å². The lowest BCUT2D eigenvalue weighted by Crippen LogP contribution is -2.29. The highest BCUT2D eigenvalue weighted by Gasteiger charge is 2.26. The van der Waals surface area contributed by atoms with Gasteiger partial charge in [-0.05, 0) is 154 Å². The molecule has 0 radical (unpaired) electrons. The van der Waals surface area contributed by atoms with Crippen LogP contribution in [0, 0.1) is 0 Å². The quantitative estimate of drug-likeness (QED) is 0.0264. The molecule has 0 fully saturated rings. The van der Waals surface area contributed by atoms with Gasteiger partial charge in [0.1, 0.15) is 6.61 Å². The Hall–Kier alpha value is -5.67. The molecule has 0 aliphatic carbocycles. The Morgan fingerprint density at radius 1 is 0.323 bits per heavy atom. The van der Waals surface area contributed by atoms with E-state index in [2.05, 4.69) is 233 Å². The molecule has 0 aromatic rings. The molecule has 93 heavy (non-hydrogen) atoms. The molecule has 0 aliphatic heterocycles. The summed E-state index contributed by atoms with van der Waals surface area (Å²) >= 11 is 0. The first-order chi connectivity index (χ1) is 45.8. The number of hydrogen-bond acceptors (Lipinski definition) is 8. The van der Waals surface area contributed by atoms with Gasteiger partial charge in [-0.1, -0.05) is 310 Å². The summed E-state index contributed by atoms with van der Waals surface area (Å²) in [4.78, 5) is 35.4. The molecule has 3 N–H and O–H groups in total. The maximum absolute atomic E-state index is 12.8. The van der Waals surface area contributed by atoms with E-state index in [1.54, 1.807) is 0 Å². The second kappa shape index (κ2) is 75.4. The second-order valence-corrected chi connectivity index (χ2v) is 24.4. The van der Waals surface area contributed by atoms with Gasteiger partial charge in [-0.25, -0.2) is 4.57 Å². The first-order valence-electron chi connectivity index (χ1n) is 36.2. The topological polar surface area (TPSA) is 134 Å². The molecule has 10 heteroatoms. The predicted molar refractivity (Wildman–Crippen MR) is 403 cm³/mol. The van der Waals surface area contributed by atoms with Crippen molar-refractivity contribution in [1.82, 2.24) is 0 Å². The molecule has 0 saturated heterocycles. The third-order valence-corrected chi connectivity index (χ3v) is 15.3. The van der Waals surface area contributed by atoms with Gasteiger partial charge >= 0.3 is 19.8 Å². The summed E-state index contributed by atoms with van der Waals surface area (Å²) in [6.45, 7) is 3.46. The minimum atomic E-state index is -4.42. The molecule has 0 aliphatic rings. The van der Waals surface area contributed by atoms with E-state index in [0.29, 0.717) is 12.8 Å². The number of phosphoric ester groups is 1. The Bertz CT molecular complexity index is 2330. The van der Waals surface area contributed by atoms with Crippen molar-refractivity contribution in [2.45, 2.75) is 264 Å². The Kier molecular flexibility index (Phi) is 70.8. The number of rotatable bonds is 65. The minimum Gasteiger partial charge on any atom is -0.462 e. The number of ether oxygens (including phenoxy) is 2. The van der Waals surface area contributed by atoms with E-state index in [-0.39, 0.29) is 32.6 Å². The Morgan fingerprint density at radius 3 is 0.828 bits per heavy atom.